The highest BCUT2D eigenvalue weighted by molar-refractivity contribution is 6.07. The fourth-order valence-electron chi connectivity index (χ4n) is 3.28. The SMILES string of the molecule is COCCC(CCO)Nc1nc(N)nc2c1CCN(c1ccc(OC)nc1)C2=O. The minimum absolute atomic E-state index is 0.0174. The van der Waals surface area contributed by atoms with Gasteiger partial charge in [0, 0.05) is 44.5 Å². The second kappa shape index (κ2) is 9.48. The summed E-state index contributed by atoms with van der Waals surface area (Å²) in [6.07, 6.45) is 3.37. The van der Waals surface area contributed by atoms with Crippen molar-refractivity contribution in [3.8, 4) is 5.88 Å². The summed E-state index contributed by atoms with van der Waals surface area (Å²) in [7, 11) is 3.16. The zero-order valence-corrected chi connectivity index (χ0v) is 16.6. The van der Waals surface area contributed by atoms with Crippen LogP contribution in [-0.4, -0.2) is 66.0 Å². The lowest BCUT2D eigenvalue weighted by Gasteiger charge is -2.29. The van der Waals surface area contributed by atoms with Gasteiger partial charge in [-0.2, -0.15) is 4.98 Å². The number of rotatable bonds is 9. The summed E-state index contributed by atoms with van der Waals surface area (Å²) in [5.74, 6) is 0.764. The summed E-state index contributed by atoms with van der Waals surface area (Å²) in [6.45, 7) is 1.03. The number of amides is 1. The Kier molecular flexibility index (Phi) is 6.78. The smallest absolute Gasteiger partial charge is 0.277 e. The molecule has 156 valence electrons. The van der Waals surface area contributed by atoms with Gasteiger partial charge in [-0.25, -0.2) is 9.97 Å². The molecule has 0 radical (unpaired) electrons. The molecule has 0 fully saturated rings. The molecule has 2 aromatic rings. The van der Waals surface area contributed by atoms with Crippen molar-refractivity contribution in [3.05, 3.63) is 29.6 Å². The van der Waals surface area contributed by atoms with Gasteiger partial charge in [0.25, 0.3) is 5.91 Å². The lowest BCUT2D eigenvalue weighted by atomic mass is 10.0. The third-order valence-electron chi connectivity index (χ3n) is 4.79. The molecule has 29 heavy (non-hydrogen) atoms. The number of nitrogens with one attached hydrogen (secondary N) is 1. The Labute approximate surface area is 169 Å². The van der Waals surface area contributed by atoms with Crippen molar-refractivity contribution in [3.63, 3.8) is 0 Å². The third-order valence-corrected chi connectivity index (χ3v) is 4.79. The van der Waals surface area contributed by atoms with Crippen LogP contribution >= 0.6 is 0 Å². The van der Waals surface area contributed by atoms with Gasteiger partial charge < -0.3 is 30.5 Å². The minimum atomic E-state index is -0.258. The largest absolute Gasteiger partial charge is 0.481 e. The molecule has 10 nitrogen and oxygen atoms in total. The van der Waals surface area contributed by atoms with Crippen LogP contribution in [0.2, 0.25) is 0 Å². The molecular weight excluding hydrogens is 376 g/mol. The molecule has 1 aliphatic rings. The van der Waals surface area contributed by atoms with Gasteiger partial charge in [0.15, 0.2) is 0 Å². The van der Waals surface area contributed by atoms with E-state index in [0.717, 1.165) is 5.56 Å². The van der Waals surface area contributed by atoms with Crippen molar-refractivity contribution in [2.75, 3.05) is 49.9 Å². The van der Waals surface area contributed by atoms with Crippen LogP contribution in [0.15, 0.2) is 18.3 Å². The molecule has 1 unspecified atom stereocenters. The van der Waals surface area contributed by atoms with E-state index < -0.39 is 0 Å². The van der Waals surface area contributed by atoms with E-state index in [9.17, 15) is 9.90 Å². The van der Waals surface area contributed by atoms with E-state index in [2.05, 4.69) is 20.3 Å². The molecule has 0 spiro atoms. The summed E-state index contributed by atoms with van der Waals surface area (Å²) < 4.78 is 10.2. The van der Waals surface area contributed by atoms with E-state index in [-0.39, 0.29) is 30.2 Å². The van der Waals surface area contributed by atoms with Crippen LogP contribution in [0.1, 0.15) is 28.9 Å². The van der Waals surface area contributed by atoms with Crippen LogP contribution in [0.25, 0.3) is 0 Å². The lowest BCUT2D eigenvalue weighted by Crippen LogP contribution is -2.39. The van der Waals surface area contributed by atoms with E-state index >= 15 is 0 Å². The quantitative estimate of drug-likeness (QED) is 0.558. The molecule has 3 rings (SSSR count). The number of pyridine rings is 1. The molecule has 1 atom stereocenters. The van der Waals surface area contributed by atoms with E-state index in [0.29, 0.717) is 49.8 Å². The molecule has 1 aliphatic heterocycles. The molecule has 10 heteroatoms. The van der Waals surface area contributed by atoms with E-state index in [1.54, 1.807) is 30.3 Å². The van der Waals surface area contributed by atoms with Gasteiger partial charge in [-0.1, -0.05) is 0 Å². The maximum atomic E-state index is 13.1. The normalized spacial score (nSPS) is 14.4. The number of hydrogen-bond donors (Lipinski definition) is 3. The predicted octanol–water partition coefficient (Wildman–Crippen LogP) is 0.865. The average Bonchev–Trinajstić information content (AvgIpc) is 2.73. The Morgan fingerprint density at radius 3 is 2.79 bits per heavy atom. The van der Waals surface area contributed by atoms with Gasteiger partial charge in [0.2, 0.25) is 11.8 Å². The number of ether oxygens (including phenoxy) is 2. The molecule has 4 N–H and O–H groups in total. The molecule has 2 aromatic heterocycles. The third kappa shape index (κ3) is 4.72. The minimum Gasteiger partial charge on any atom is -0.481 e. The van der Waals surface area contributed by atoms with Gasteiger partial charge in [-0.15, -0.1) is 0 Å². The zero-order valence-electron chi connectivity index (χ0n) is 16.6. The van der Waals surface area contributed by atoms with Crippen molar-refractivity contribution in [1.29, 1.82) is 0 Å². The standard InChI is InChI=1S/C19H26N6O4/c1-28-10-7-12(6-9-26)22-17-14-5-8-25(13-3-4-15(29-2)21-11-13)18(27)16(14)23-19(20)24-17/h3-4,11-12,26H,5-10H2,1-2H3,(H3,20,22,23,24). The van der Waals surface area contributed by atoms with Crippen molar-refractivity contribution in [2.45, 2.75) is 25.3 Å². The van der Waals surface area contributed by atoms with Crippen molar-refractivity contribution >= 4 is 23.4 Å². The Hall–Kier alpha value is -2.98. The van der Waals surface area contributed by atoms with Crippen LogP contribution < -0.4 is 20.7 Å². The highest BCUT2D eigenvalue weighted by Gasteiger charge is 2.31. The van der Waals surface area contributed by atoms with Crippen LogP contribution in [0, 0.1) is 0 Å². The van der Waals surface area contributed by atoms with E-state index in [1.165, 1.54) is 7.11 Å². The van der Waals surface area contributed by atoms with Crippen molar-refractivity contribution in [1.82, 2.24) is 15.0 Å². The average molecular weight is 402 g/mol. The number of fused-ring (bicyclic) bond motifs is 1. The highest BCUT2D eigenvalue weighted by atomic mass is 16.5. The summed E-state index contributed by atoms with van der Waals surface area (Å²) in [6, 6.07) is 3.42. The molecule has 1 amide bonds. The van der Waals surface area contributed by atoms with Gasteiger partial charge in [0.05, 0.1) is 19.0 Å². The second-order valence-electron chi connectivity index (χ2n) is 6.66. The summed E-state index contributed by atoms with van der Waals surface area (Å²) >= 11 is 0. The topological polar surface area (TPSA) is 136 Å². The van der Waals surface area contributed by atoms with Crippen LogP contribution in [-0.2, 0) is 11.2 Å². The van der Waals surface area contributed by atoms with Gasteiger partial charge >= 0.3 is 0 Å². The van der Waals surface area contributed by atoms with Gasteiger partial charge in [0.1, 0.15) is 11.5 Å². The maximum absolute atomic E-state index is 13.1. The first-order chi connectivity index (χ1) is 14.1. The molecule has 0 aliphatic carbocycles. The number of aromatic nitrogens is 3. The Balaban J connectivity index is 1.87. The summed E-state index contributed by atoms with van der Waals surface area (Å²) in [5.41, 5.74) is 7.54. The maximum Gasteiger partial charge on any atom is 0.277 e. The highest BCUT2D eigenvalue weighted by Crippen LogP contribution is 2.29. The van der Waals surface area contributed by atoms with Gasteiger partial charge in [-0.3, -0.25) is 4.79 Å². The predicted molar refractivity (Wildman–Crippen MR) is 108 cm³/mol. The molecular formula is C19H26N6O4. The number of nitrogens with zero attached hydrogens (tertiary/aromatic N) is 4. The molecule has 0 bridgehead atoms. The Bertz CT molecular complexity index is 845. The molecule has 0 aromatic carbocycles. The van der Waals surface area contributed by atoms with Crippen LogP contribution in [0.3, 0.4) is 0 Å². The first kappa shape index (κ1) is 20.7. The van der Waals surface area contributed by atoms with Crippen molar-refractivity contribution < 1.29 is 19.4 Å². The zero-order chi connectivity index (χ0) is 20.8. The number of methoxy groups -OCH3 is 2. The number of carbonyl (C=O) groups excluding carboxylic acids is 1. The number of hydrogen-bond acceptors (Lipinski definition) is 9. The van der Waals surface area contributed by atoms with Gasteiger partial charge in [-0.05, 0) is 25.3 Å². The number of carbonyl (C=O) groups is 1. The Morgan fingerprint density at radius 2 is 2.14 bits per heavy atom. The van der Waals surface area contributed by atoms with Crippen LogP contribution in [0.4, 0.5) is 17.5 Å². The fraction of sp³-hybridized carbons (Fsp3) is 0.474. The van der Waals surface area contributed by atoms with E-state index in [4.69, 9.17) is 15.2 Å². The number of aliphatic hydroxyl groups is 1. The summed E-state index contributed by atoms with van der Waals surface area (Å²) in [5, 5.41) is 12.6. The summed E-state index contributed by atoms with van der Waals surface area (Å²) in [4.78, 5) is 27.4. The Morgan fingerprint density at radius 1 is 1.31 bits per heavy atom. The first-order valence-corrected chi connectivity index (χ1v) is 9.42. The molecule has 0 saturated carbocycles. The monoisotopic (exact) mass is 402 g/mol. The number of nitrogen functional groups attached to an aromatic ring is 1. The number of anilines is 3. The fourth-order valence-corrected chi connectivity index (χ4v) is 3.28. The van der Waals surface area contributed by atoms with Crippen molar-refractivity contribution in [2.24, 2.45) is 0 Å². The lowest BCUT2D eigenvalue weighted by molar-refractivity contribution is 0.0975. The van der Waals surface area contributed by atoms with E-state index in [1.807, 2.05) is 0 Å². The molecule has 0 saturated heterocycles. The number of nitrogens with two attached hydrogens (primary N) is 1. The first-order valence-electron chi connectivity index (χ1n) is 9.42. The van der Waals surface area contributed by atoms with Crippen LogP contribution in [0.5, 0.6) is 5.88 Å². The molecule has 3 heterocycles. The second-order valence-corrected chi connectivity index (χ2v) is 6.66. The number of aliphatic hydroxyl groups excluding tert-OH is 1.